The summed E-state index contributed by atoms with van der Waals surface area (Å²) < 4.78 is 41.4. The molecule has 0 spiro atoms. The van der Waals surface area contributed by atoms with Crippen LogP contribution in [0.5, 0.6) is 0 Å². The summed E-state index contributed by atoms with van der Waals surface area (Å²) in [6, 6.07) is 14.9. The number of alkyl halides is 3. The van der Waals surface area contributed by atoms with Gasteiger partial charge < -0.3 is 5.32 Å². The van der Waals surface area contributed by atoms with Gasteiger partial charge in [-0.2, -0.15) is 13.2 Å². The molecule has 1 N–H and O–H groups in total. The Morgan fingerprint density at radius 2 is 1.76 bits per heavy atom. The molecule has 1 aromatic heterocycles. The van der Waals surface area contributed by atoms with Crippen molar-refractivity contribution < 1.29 is 18.0 Å². The van der Waals surface area contributed by atoms with E-state index in [2.05, 4.69) is 5.32 Å². The summed E-state index contributed by atoms with van der Waals surface area (Å²) in [6.07, 6.45) is -4.34. The van der Waals surface area contributed by atoms with Gasteiger partial charge in [-0.05, 0) is 66.9 Å². The van der Waals surface area contributed by atoms with Crippen molar-refractivity contribution in [2.24, 2.45) is 0 Å². The molecule has 4 aromatic rings. The number of halogens is 4. The minimum atomic E-state index is -4.51. The number of nitrogens with one attached hydrogen (secondary N) is 1. The number of aromatic nitrogens is 2. The summed E-state index contributed by atoms with van der Waals surface area (Å²) in [4.78, 5) is 40.4. The molecule has 0 aliphatic carbocycles. The number of amides is 1. The summed E-state index contributed by atoms with van der Waals surface area (Å²) in [7, 11) is 0. The van der Waals surface area contributed by atoms with Gasteiger partial charge in [-0.3, -0.25) is 14.2 Å². The number of hydrogen-bond donors (Lipinski definition) is 1. The first-order valence-electron chi connectivity index (χ1n) is 11.5. The van der Waals surface area contributed by atoms with E-state index >= 15 is 0 Å². The van der Waals surface area contributed by atoms with Gasteiger partial charge in [0.15, 0.2) is 0 Å². The lowest BCUT2D eigenvalue weighted by Crippen LogP contribution is -2.44. The minimum absolute atomic E-state index is 0.169. The van der Waals surface area contributed by atoms with Crippen LogP contribution in [0.3, 0.4) is 0 Å². The number of rotatable bonds is 6. The van der Waals surface area contributed by atoms with Crippen molar-refractivity contribution in [3.63, 3.8) is 0 Å². The normalized spacial score (nSPS) is 12.5. The van der Waals surface area contributed by atoms with Crippen LogP contribution in [0.25, 0.3) is 16.6 Å². The second kappa shape index (κ2) is 10.3. The van der Waals surface area contributed by atoms with Gasteiger partial charge in [-0.15, -0.1) is 0 Å². The van der Waals surface area contributed by atoms with Gasteiger partial charge in [0, 0.05) is 11.6 Å². The summed E-state index contributed by atoms with van der Waals surface area (Å²) in [5, 5.41) is 3.09. The molecule has 1 atom stereocenters. The molecule has 1 amide bonds. The second-order valence-electron chi connectivity index (χ2n) is 8.63. The van der Waals surface area contributed by atoms with Crippen molar-refractivity contribution in [1.29, 1.82) is 0 Å². The molecule has 6 nitrogen and oxygen atoms in total. The zero-order valence-corrected chi connectivity index (χ0v) is 20.7. The van der Waals surface area contributed by atoms with E-state index < -0.39 is 34.9 Å². The highest BCUT2D eigenvalue weighted by atomic mass is 35.5. The molecule has 3 aromatic carbocycles. The SMILES string of the molecule is CC[C@@H](C(=O)NCc1cccc(C(F)(F)F)c1)n1c(=O)n(-c2cccc(C)c2)c(=O)c2ccc(Cl)cc21. The molecular weight excluding hydrogens is 507 g/mol. The van der Waals surface area contributed by atoms with Gasteiger partial charge in [0.2, 0.25) is 5.91 Å². The first-order valence-corrected chi connectivity index (χ1v) is 11.9. The quantitative estimate of drug-likeness (QED) is 0.363. The van der Waals surface area contributed by atoms with E-state index in [-0.39, 0.29) is 34.5 Å². The van der Waals surface area contributed by atoms with E-state index in [1.807, 2.05) is 13.0 Å². The van der Waals surface area contributed by atoms with Crippen molar-refractivity contribution in [3.8, 4) is 5.69 Å². The fourth-order valence-electron chi connectivity index (χ4n) is 4.25. The highest BCUT2D eigenvalue weighted by Crippen LogP contribution is 2.29. The lowest BCUT2D eigenvalue weighted by Gasteiger charge is -2.22. The monoisotopic (exact) mass is 529 g/mol. The van der Waals surface area contributed by atoms with Gasteiger partial charge in [0.05, 0.1) is 22.2 Å². The zero-order valence-electron chi connectivity index (χ0n) is 20.0. The van der Waals surface area contributed by atoms with E-state index in [0.29, 0.717) is 5.69 Å². The predicted molar refractivity (Wildman–Crippen MR) is 136 cm³/mol. The van der Waals surface area contributed by atoms with Crippen molar-refractivity contribution in [2.75, 3.05) is 0 Å². The van der Waals surface area contributed by atoms with Crippen LogP contribution in [0.15, 0.2) is 76.3 Å². The number of nitrogens with zero attached hydrogens (tertiary/aromatic N) is 2. The Hall–Kier alpha value is -3.85. The van der Waals surface area contributed by atoms with Crippen LogP contribution in [0.1, 0.15) is 36.1 Å². The number of benzene rings is 3. The number of hydrogen-bond acceptors (Lipinski definition) is 3. The average molecular weight is 530 g/mol. The molecule has 37 heavy (non-hydrogen) atoms. The van der Waals surface area contributed by atoms with Crippen LogP contribution < -0.4 is 16.6 Å². The zero-order chi connectivity index (χ0) is 26.9. The number of carbonyl (C=O) groups excluding carboxylic acids is 1. The Bertz CT molecular complexity index is 1610. The summed E-state index contributed by atoms with van der Waals surface area (Å²) >= 11 is 6.18. The predicted octanol–water partition coefficient (Wildman–Crippen LogP) is 5.40. The topological polar surface area (TPSA) is 73.1 Å². The van der Waals surface area contributed by atoms with Gasteiger partial charge in [0.1, 0.15) is 6.04 Å². The molecule has 0 radical (unpaired) electrons. The third-order valence-corrected chi connectivity index (χ3v) is 6.27. The molecule has 1 heterocycles. The van der Waals surface area contributed by atoms with Crippen LogP contribution in [-0.4, -0.2) is 15.0 Å². The Balaban J connectivity index is 1.80. The Morgan fingerprint density at radius 1 is 1.03 bits per heavy atom. The van der Waals surface area contributed by atoms with Crippen molar-refractivity contribution in [1.82, 2.24) is 14.5 Å². The Labute approximate surface area is 214 Å². The third-order valence-electron chi connectivity index (χ3n) is 6.03. The first-order chi connectivity index (χ1) is 17.5. The number of carbonyl (C=O) groups is 1. The molecule has 0 aliphatic rings. The molecule has 0 fully saturated rings. The van der Waals surface area contributed by atoms with Crippen molar-refractivity contribution in [2.45, 2.75) is 39.0 Å². The van der Waals surface area contributed by atoms with E-state index in [1.54, 1.807) is 25.1 Å². The maximum absolute atomic E-state index is 13.7. The van der Waals surface area contributed by atoms with Gasteiger partial charge in [-0.25, -0.2) is 9.36 Å². The summed E-state index contributed by atoms with van der Waals surface area (Å²) in [6.45, 7) is 3.34. The maximum atomic E-state index is 13.7. The third kappa shape index (κ3) is 5.32. The average Bonchev–Trinajstić information content (AvgIpc) is 2.85. The minimum Gasteiger partial charge on any atom is -0.350 e. The van der Waals surface area contributed by atoms with E-state index in [4.69, 9.17) is 11.6 Å². The second-order valence-corrected chi connectivity index (χ2v) is 9.07. The van der Waals surface area contributed by atoms with Crippen molar-refractivity contribution in [3.05, 3.63) is 109 Å². The number of aryl methyl sites for hydroxylation is 1. The molecule has 0 saturated heterocycles. The molecule has 192 valence electrons. The van der Waals surface area contributed by atoms with Crippen molar-refractivity contribution >= 4 is 28.4 Å². The highest BCUT2D eigenvalue weighted by molar-refractivity contribution is 6.31. The lowest BCUT2D eigenvalue weighted by molar-refractivity contribution is -0.137. The smallest absolute Gasteiger partial charge is 0.350 e. The van der Waals surface area contributed by atoms with E-state index in [0.717, 1.165) is 22.3 Å². The summed E-state index contributed by atoms with van der Waals surface area (Å²) in [5.41, 5.74) is -0.495. The van der Waals surface area contributed by atoms with Crippen LogP contribution in [0.2, 0.25) is 5.02 Å². The standard InChI is InChI=1S/C27H23ClF3N3O3/c1-3-22(24(35)32-15-17-7-5-8-18(13-17)27(29,30)31)34-23-14-19(28)10-11-21(23)25(36)33(26(34)37)20-9-4-6-16(2)12-20/h4-14,22H,3,15H2,1-2H3,(H,32,35)/t22-/m0/s1. The molecule has 0 bridgehead atoms. The largest absolute Gasteiger partial charge is 0.416 e. The van der Waals surface area contributed by atoms with E-state index in [9.17, 15) is 27.6 Å². The molecular formula is C27H23ClF3N3O3. The van der Waals surface area contributed by atoms with E-state index in [1.165, 1.54) is 34.9 Å². The van der Waals surface area contributed by atoms with Gasteiger partial charge in [0.25, 0.3) is 5.56 Å². The Morgan fingerprint density at radius 3 is 2.43 bits per heavy atom. The fourth-order valence-corrected chi connectivity index (χ4v) is 4.42. The highest BCUT2D eigenvalue weighted by Gasteiger charge is 2.30. The molecule has 0 aliphatic heterocycles. The van der Waals surface area contributed by atoms with Gasteiger partial charge in [-0.1, -0.05) is 42.8 Å². The van der Waals surface area contributed by atoms with Crippen LogP contribution in [-0.2, 0) is 17.5 Å². The number of fused-ring (bicyclic) bond motifs is 1. The Kier molecular flexibility index (Phi) is 7.27. The summed E-state index contributed by atoms with van der Waals surface area (Å²) in [5.74, 6) is -0.585. The van der Waals surface area contributed by atoms with Crippen LogP contribution in [0, 0.1) is 6.92 Å². The molecule has 0 saturated carbocycles. The maximum Gasteiger partial charge on any atom is 0.416 e. The molecule has 10 heteroatoms. The van der Waals surface area contributed by atoms with Crippen LogP contribution in [0.4, 0.5) is 13.2 Å². The fraction of sp³-hybridized carbons (Fsp3) is 0.222. The van der Waals surface area contributed by atoms with Gasteiger partial charge >= 0.3 is 11.9 Å². The molecule has 0 unspecified atom stereocenters. The van der Waals surface area contributed by atoms with Crippen LogP contribution >= 0.6 is 11.6 Å². The molecule has 4 rings (SSSR count). The first kappa shape index (κ1) is 26.2. The lowest BCUT2D eigenvalue weighted by atomic mass is 10.1.